The second kappa shape index (κ2) is 8.11. The highest BCUT2D eigenvalue weighted by Crippen LogP contribution is 2.34. The summed E-state index contributed by atoms with van der Waals surface area (Å²) >= 11 is 6.08. The molecule has 5 nitrogen and oxygen atoms in total. The molecule has 0 saturated carbocycles. The largest absolute Gasteiger partial charge is 0.449 e. The molecule has 2 heterocycles. The highest BCUT2D eigenvalue weighted by Gasteiger charge is 2.38. The maximum Gasteiger partial charge on any atom is 0.449 e. The molecule has 3 aromatic rings. The minimum atomic E-state index is -4.56. The molecule has 1 fully saturated rings. The van der Waals surface area contributed by atoms with E-state index in [2.05, 4.69) is 4.98 Å². The third-order valence-corrected chi connectivity index (χ3v) is 8.21. The predicted molar refractivity (Wildman–Crippen MR) is 112 cm³/mol. The number of fused-ring (bicyclic) bond motifs is 1. The first-order valence-corrected chi connectivity index (χ1v) is 11.7. The average molecular weight is 472 g/mol. The fraction of sp³-hybridized carbons (Fsp3) is 0.381. The van der Waals surface area contributed by atoms with Gasteiger partial charge in [0.2, 0.25) is 15.8 Å². The lowest BCUT2D eigenvalue weighted by atomic mass is 9.98. The fourth-order valence-electron chi connectivity index (χ4n) is 4.07. The molecule has 0 radical (unpaired) electrons. The maximum atomic E-state index is 13.5. The highest BCUT2D eigenvalue weighted by molar-refractivity contribution is 7.89. The van der Waals surface area contributed by atoms with Crippen LogP contribution < -0.4 is 0 Å². The number of benzene rings is 2. The Bertz CT molecular complexity index is 1220. The Morgan fingerprint density at radius 2 is 1.77 bits per heavy atom. The van der Waals surface area contributed by atoms with Gasteiger partial charge in [0.1, 0.15) is 0 Å². The molecule has 1 aliphatic rings. The molecule has 166 valence electrons. The normalized spacial score (nSPS) is 16.8. The summed E-state index contributed by atoms with van der Waals surface area (Å²) in [6.07, 6.45) is -3.64. The smallest absolute Gasteiger partial charge is 0.320 e. The summed E-state index contributed by atoms with van der Waals surface area (Å²) in [5.74, 6) is -1.01. The lowest BCUT2D eigenvalue weighted by Crippen LogP contribution is -2.39. The van der Waals surface area contributed by atoms with E-state index >= 15 is 0 Å². The number of hydrogen-bond donors (Lipinski definition) is 0. The summed E-state index contributed by atoms with van der Waals surface area (Å²) in [6, 6.07) is 11.3. The zero-order valence-corrected chi connectivity index (χ0v) is 18.3. The van der Waals surface area contributed by atoms with E-state index in [4.69, 9.17) is 11.6 Å². The van der Waals surface area contributed by atoms with Gasteiger partial charge in [-0.15, -0.1) is 0 Å². The van der Waals surface area contributed by atoms with Crippen LogP contribution in [0.3, 0.4) is 0 Å². The summed E-state index contributed by atoms with van der Waals surface area (Å²) in [4.78, 5) is 3.95. The van der Waals surface area contributed by atoms with Crippen molar-refractivity contribution in [3.8, 4) is 0 Å². The Balaban J connectivity index is 1.54. The summed E-state index contributed by atoms with van der Waals surface area (Å²) in [5, 5.41) is 0.377. The lowest BCUT2D eigenvalue weighted by Gasteiger charge is -2.32. The second-order valence-corrected chi connectivity index (χ2v) is 10.1. The maximum absolute atomic E-state index is 13.5. The first-order valence-electron chi connectivity index (χ1n) is 9.87. The van der Waals surface area contributed by atoms with Crippen LogP contribution in [0.1, 0.15) is 24.2 Å². The summed E-state index contributed by atoms with van der Waals surface area (Å²) in [5.41, 5.74) is 1.22. The van der Waals surface area contributed by atoms with E-state index in [0.29, 0.717) is 34.5 Å². The van der Waals surface area contributed by atoms with Gasteiger partial charge in [0.15, 0.2) is 0 Å². The van der Waals surface area contributed by atoms with Crippen LogP contribution in [0.5, 0.6) is 0 Å². The summed E-state index contributed by atoms with van der Waals surface area (Å²) in [6.45, 7) is 2.28. The number of hydrogen-bond acceptors (Lipinski definition) is 3. The van der Waals surface area contributed by atoms with E-state index in [1.807, 2.05) is 0 Å². The molecular formula is C21H21ClF3N3O2S. The van der Waals surface area contributed by atoms with Crippen molar-refractivity contribution in [2.75, 3.05) is 13.1 Å². The number of nitrogens with zero attached hydrogens (tertiary/aromatic N) is 3. The Labute approximate surface area is 183 Å². The van der Waals surface area contributed by atoms with Gasteiger partial charge in [-0.1, -0.05) is 29.8 Å². The zero-order chi connectivity index (χ0) is 22.4. The first kappa shape index (κ1) is 22.1. The third-order valence-electron chi connectivity index (χ3n) is 5.76. The van der Waals surface area contributed by atoms with E-state index < -0.39 is 22.0 Å². The molecule has 0 spiro atoms. The van der Waals surface area contributed by atoms with Crippen LogP contribution in [0.2, 0.25) is 5.02 Å². The molecule has 10 heteroatoms. The van der Waals surface area contributed by atoms with Gasteiger partial charge >= 0.3 is 6.18 Å². The predicted octanol–water partition coefficient (Wildman–Crippen LogP) is 5.12. The van der Waals surface area contributed by atoms with Gasteiger partial charge in [0.05, 0.1) is 15.9 Å². The van der Waals surface area contributed by atoms with Crippen LogP contribution in [0.15, 0.2) is 47.4 Å². The minimum absolute atomic E-state index is 0.0920. The summed E-state index contributed by atoms with van der Waals surface area (Å²) in [7, 11) is -3.72. The molecule has 0 bridgehead atoms. The molecule has 31 heavy (non-hydrogen) atoms. The molecule has 0 aliphatic carbocycles. The standard InChI is InChI=1S/C21H21ClF3N3O2S/c1-14-16(22)5-4-8-19(14)31(29,30)27-11-9-15(10-12-27)13-28-18-7-3-2-6-17(18)26-20(28)21(23,24)25/h2-8,15H,9-13H2,1H3. The Kier molecular flexibility index (Phi) is 5.78. The Hall–Kier alpha value is -2.10. The van der Waals surface area contributed by atoms with Crippen molar-refractivity contribution in [1.82, 2.24) is 13.9 Å². The topological polar surface area (TPSA) is 55.2 Å². The van der Waals surface area contributed by atoms with E-state index in [0.717, 1.165) is 0 Å². The number of imidazole rings is 1. The minimum Gasteiger partial charge on any atom is -0.320 e. The molecule has 1 aromatic heterocycles. The molecule has 0 unspecified atom stereocenters. The quantitative estimate of drug-likeness (QED) is 0.531. The SMILES string of the molecule is Cc1c(Cl)cccc1S(=O)(=O)N1CCC(Cn2c(C(F)(F)F)nc3ccccc32)CC1. The molecule has 1 aliphatic heterocycles. The van der Waals surface area contributed by atoms with Crippen LogP contribution >= 0.6 is 11.6 Å². The van der Waals surface area contributed by atoms with Crippen LogP contribution in [-0.4, -0.2) is 35.4 Å². The molecule has 2 aromatic carbocycles. The number of halogens is 4. The van der Waals surface area contributed by atoms with Crippen molar-refractivity contribution in [2.24, 2.45) is 5.92 Å². The summed E-state index contributed by atoms with van der Waals surface area (Å²) < 4.78 is 69.3. The van der Waals surface area contributed by atoms with Gasteiger partial charge in [-0.25, -0.2) is 13.4 Å². The number of piperidine rings is 1. The van der Waals surface area contributed by atoms with E-state index in [1.165, 1.54) is 14.9 Å². The molecule has 0 atom stereocenters. The number of aromatic nitrogens is 2. The average Bonchev–Trinajstić information content (AvgIpc) is 3.09. The van der Waals surface area contributed by atoms with Gasteiger partial charge in [-0.05, 0) is 55.5 Å². The van der Waals surface area contributed by atoms with Crippen molar-refractivity contribution in [3.63, 3.8) is 0 Å². The Morgan fingerprint density at radius 3 is 2.45 bits per heavy atom. The molecule has 4 rings (SSSR count). The second-order valence-electron chi connectivity index (χ2n) is 7.74. The van der Waals surface area contributed by atoms with E-state index in [9.17, 15) is 21.6 Å². The molecule has 1 saturated heterocycles. The number of rotatable bonds is 4. The first-order chi connectivity index (χ1) is 14.6. The third kappa shape index (κ3) is 4.18. The van der Waals surface area contributed by atoms with Gasteiger partial charge in [0.25, 0.3) is 0 Å². The monoisotopic (exact) mass is 471 g/mol. The lowest BCUT2D eigenvalue weighted by molar-refractivity contribution is -0.147. The number of alkyl halides is 3. The van der Waals surface area contributed by atoms with Gasteiger partial charge < -0.3 is 4.57 Å². The molecule has 0 N–H and O–H groups in total. The van der Waals surface area contributed by atoms with E-state index in [-0.39, 0.29) is 30.4 Å². The van der Waals surface area contributed by atoms with Gasteiger partial charge in [-0.2, -0.15) is 17.5 Å². The van der Waals surface area contributed by atoms with Crippen LogP contribution in [-0.2, 0) is 22.7 Å². The van der Waals surface area contributed by atoms with Crippen molar-refractivity contribution < 1.29 is 21.6 Å². The van der Waals surface area contributed by atoms with Crippen molar-refractivity contribution in [3.05, 3.63) is 58.9 Å². The van der Waals surface area contributed by atoms with Crippen LogP contribution in [0, 0.1) is 12.8 Å². The number of sulfonamides is 1. The van der Waals surface area contributed by atoms with E-state index in [1.54, 1.807) is 43.3 Å². The van der Waals surface area contributed by atoms with Crippen LogP contribution in [0.4, 0.5) is 13.2 Å². The van der Waals surface area contributed by atoms with Crippen molar-refractivity contribution in [2.45, 2.75) is 37.4 Å². The Morgan fingerprint density at radius 1 is 1.10 bits per heavy atom. The molecular weight excluding hydrogens is 451 g/mol. The highest BCUT2D eigenvalue weighted by atomic mass is 35.5. The van der Waals surface area contributed by atoms with Crippen molar-refractivity contribution in [1.29, 1.82) is 0 Å². The zero-order valence-electron chi connectivity index (χ0n) is 16.7. The number of para-hydroxylation sites is 2. The molecule has 0 amide bonds. The van der Waals surface area contributed by atoms with Crippen LogP contribution in [0.25, 0.3) is 11.0 Å². The van der Waals surface area contributed by atoms with Gasteiger partial charge in [0, 0.05) is 24.7 Å². The van der Waals surface area contributed by atoms with Crippen molar-refractivity contribution >= 4 is 32.7 Å². The van der Waals surface area contributed by atoms with Gasteiger partial charge in [-0.3, -0.25) is 0 Å². The fourth-order valence-corrected chi connectivity index (χ4v) is 6.02.